The van der Waals surface area contributed by atoms with Crippen LogP contribution in [-0.2, 0) is 16.1 Å². The molecule has 5 nitrogen and oxygen atoms in total. The molecule has 3 aromatic rings. The first-order valence-corrected chi connectivity index (χ1v) is 8.99. The van der Waals surface area contributed by atoms with Crippen molar-refractivity contribution in [3.63, 3.8) is 0 Å². The summed E-state index contributed by atoms with van der Waals surface area (Å²) in [4.78, 5) is 26.2. The Morgan fingerprint density at radius 2 is 1.46 bits per heavy atom. The van der Waals surface area contributed by atoms with Crippen LogP contribution in [0.3, 0.4) is 0 Å². The van der Waals surface area contributed by atoms with E-state index in [0.29, 0.717) is 12.1 Å². The number of esters is 1. The monoisotopic (exact) mass is 374 g/mol. The minimum Gasteiger partial charge on any atom is -0.465 e. The van der Waals surface area contributed by atoms with Gasteiger partial charge in [-0.3, -0.25) is 4.79 Å². The third kappa shape index (κ3) is 4.98. The predicted octanol–water partition coefficient (Wildman–Crippen LogP) is 4.12. The van der Waals surface area contributed by atoms with Gasteiger partial charge in [0.05, 0.1) is 25.8 Å². The number of nitrogens with one attached hydrogen (secondary N) is 1. The summed E-state index contributed by atoms with van der Waals surface area (Å²) in [6, 6.07) is 26.3. The van der Waals surface area contributed by atoms with Crippen LogP contribution >= 0.6 is 0 Å². The van der Waals surface area contributed by atoms with Crippen molar-refractivity contribution in [3.8, 4) is 0 Å². The fourth-order valence-electron chi connectivity index (χ4n) is 2.81. The quantitative estimate of drug-likeness (QED) is 0.632. The number of anilines is 2. The lowest BCUT2D eigenvalue weighted by Crippen LogP contribution is -2.35. The first-order chi connectivity index (χ1) is 13.7. The van der Waals surface area contributed by atoms with Gasteiger partial charge in [0.25, 0.3) is 0 Å². The first kappa shape index (κ1) is 19.2. The third-order valence-electron chi connectivity index (χ3n) is 4.30. The van der Waals surface area contributed by atoms with Crippen LogP contribution in [0.15, 0.2) is 84.9 Å². The van der Waals surface area contributed by atoms with Crippen molar-refractivity contribution in [2.45, 2.75) is 6.54 Å². The molecular weight excluding hydrogens is 352 g/mol. The number of para-hydroxylation sites is 1. The van der Waals surface area contributed by atoms with Crippen LogP contribution in [0, 0.1) is 0 Å². The molecule has 0 fully saturated rings. The van der Waals surface area contributed by atoms with E-state index in [0.717, 1.165) is 16.9 Å². The molecule has 28 heavy (non-hydrogen) atoms. The van der Waals surface area contributed by atoms with Gasteiger partial charge in [0, 0.05) is 11.4 Å². The maximum atomic E-state index is 12.9. The number of ether oxygens (including phenoxy) is 1. The average molecular weight is 374 g/mol. The van der Waals surface area contributed by atoms with Gasteiger partial charge in [-0.2, -0.15) is 0 Å². The normalized spacial score (nSPS) is 10.2. The molecule has 0 aromatic heterocycles. The highest BCUT2D eigenvalue weighted by molar-refractivity contribution is 5.96. The van der Waals surface area contributed by atoms with Gasteiger partial charge in [0.15, 0.2) is 0 Å². The van der Waals surface area contributed by atoms with Gasteiger partial charge in [0.2, 0.25) is 5.91 Å². The Morgan fingerprint density at radius 3 is 2.07 bits per heavy atom. The highest BCUT2D eigenvalue weighted by Crippen LogP contribution is 2.18. The van der Waals surface area contributed by atoms with Crippen molar-refractivity contribution in [2.75, 3.05) is 23.9 Å². The lowest BCUT2D eigenvalue weighted by atomic mass is 10.2. The van der Waals surface area contributed by atoms with E-state index >= 15 is 0 Å². The zero-order valence-electron chi connectivity index (χ0n) is 15.7. The molecule has 1 amide bonds. The smallest absolute Gasteiger partial charge is 0.337 e. The van der Waals surface area contributed by atoms with Crippen molar-refractivity contribution in [1.82, 2.24) is 0 Å². The van der Waals surface area contributed by atoms with Crippen molar-refractivity contribution in [1.29, 1.82) is 0 Å². The van der Waals surface area contributed by atoms with Gasteiger partial charge < -0.3 is 15.0 Å². The van der Waals surface area contributed by atoms with E-state index in [9.17, 15) is 9.59 Å². The Balaban J connectivity index is 1.70. The molecule has 0 saturated heterocycles. The van der Waals surface area contributed by atoms with Crippen molar-refractivity contribution < 1.29 is 14.3 Å². The fourth-order valence-corrected chi connectivity index (χ4v) is 2.81. The second kappa shape index (κ2) is 9.37. The van der Waals surface area contributed by atoms with Gasteiger partial charge >= 0.3 is 5.97 Å². The highest BCUT2D eigenvalue weighted by Gasteiger charge is 2.16. The van der Waals surface area contributed by atoms with Crippen LogP contribution in [0.5, 0.6) is 0 Å². The number of amides is 1. The molecule has 0 saturated carbocycles. The number of rotatable bonds is 7. The summed E-state index contributed by atoms with van der Waals surface area (Å²) < 4.78 is 4.69. The fraction of sp³-hybridized carbons (Fsp3) is 0.130. The number of nitrogens with zero attached hydrogens (tertiary/aromatic N) is 1. The largest absolute Gasteiger partial charge is 0.465 e. The average Bonchev–Trinajstić information content (AvgIpc) is 2.77. The molecule has 142 valence electrons. The molecule has 3 rings (SSSR count). The topological polar surface area (TPSA) is 58.6 Å². The summed E-state index contributed by atoms with van der Waals surface area (Å²) >= 11 is 0. The van der Waals surface area contributed by atoms with Crippen molar-refractivity contribution in [3.05, 3.63) is 96.1 Å². The number of carbonyl (C=O) groups excluding carboxylic acids is 2. The molecule has 0 aliphatic heterocycles. The number of hydrogen-bond acceptors (Lipinski definition) is 4. The van der Waals surface area contributed by atoms with E-state index in [1.165, 1.54) is 7.11 Å². The summed E-state index contributed by atoms with van der Waals surface area (Å²) in [5, 5.41) is 3.12. The Labute approximate surface area is 164 Å². The predicted molar refractivity (Wildman–Crippen MR) is 110 cm³/mol. The lowest BCUT2D eigenvalue weighted by molar-refractivity contribution is -0.117. The zero-order chi connectivity index (χ0) is 19.8. The molecule has 0 radical (unpaired) electrons. The summed E-state index contributed by atoms with van der Waals surface area (Å²) in [5.41, 5.74) is 3.13. The van der Waals surface area contributed by atoms with E-state index in [-0.39, 0.29) is 18.4 Å². The van der Waals surface area contributed by atoms with Gasteiger partial charge in [-0.15, -0.1) is 0 Å². The molecule has 0 heterocycles. The van der Waals surface area contributed by atoms with Crippen molar-refractivity contribution in [2.24, 2.45) is 0 Å². The van der Waals surface area contributed by atoms with E-state index in [1.54, 1.807) is 29.2 Å². The molecule has 3 aromatic carbocycles. The van der Waals surface area contributed by atoms with Crippen LogP contribution in [-0.4, -0.2) is 25.5 Å². The van der Waals surface area contributed by atoms with Crippen LogP contribution in [0.2, 0.25) is 0 Å². The molecule has 1 N–H and O–H groups in total. The van der Waals surface area contributed by atoms with Crippen LogP contribution in [0.1, 0.15) is 15.9 Å². The standard InChI is InChI=1S/C23H22N2O3/c1-28-23(27)19-12-14-20(15-13-19)24-16-22(26)25(21-10-6-3-7-11-21)17-18-8-4-2-5-9-18/h2-15,24H,16-17H2,1H3. The van der Waals surface area contributed by atoms with Crippen LogP contribution < -0.4 is 10.2 Å². The van der Waals surface area contributed by atoms with Gasteiger partial charge in [-0.1, -0.05) is 48.5 Å². The van der Waals surface area contributed by atoms with Gasteiger partial charge in [-0.25, -0.2) is 4.79 Å². The second-order valence-corrected chi connectivity index (χ2v) is 6.22. The minimum absolute atomic E-state index is 0.0490. The van der Waals surface area contributed by atoms with Gasteiger partial charge in [0.1, 0.15) is 0 Å². The Morgan fingerprint density at radius 1 is 0.857 bits per heavy atom. The molecule has 0 aliphatic carbocycles. The summed E-state index contributed by atoms with van der Waals surface area (Å²) in [6.07, 6.45) is 0. The van der Waals surface area contributed by atoms with Crippen LogP contribution in [0.25, 0.3) is 0 Å². The molecule has 0 spiro atoms. The summed E-state index contributed by atoms with van der Waals surface area (Å²) in [7, 11) is 1.35. The summed E-state index contributed by atoms with van der Waals surface area (Å²) in [5.74, 6) is -0.437. The number of benzene rings is 3. The second-order valence-electron chi connectivity index (χ2n) is 6.22. The van der Waals surface area contributed by atoms with E-state index < -0.39 is 0 Å². The molecule has 0 atom stereocenters. The van der Waals surface area contributed by atoms with Gasteiger partial charge in [-0.05, 0) is 42.0 Å². The molecule has 5 heteroatoms. The SMILES string of the molecule is COC(=O)c1ccc(NCC(=O)N(Cc2ccccc2)c2ccccc2)cc1. The van der Waals surface area contributed by atoms with Crippen LogP contribution in [0.4, 0.5) is 11.4 Å². The minimum atomic E-state index is -0.388. The molecule has 0 bridgehead atoms. The highest BCUT2D eigenvalue weighted by atomic mass is 16.5. The number of carbonyl (C=O) groups is 2. The molecule has 0 unspecified atom stereocenters. The van der Waals surface area contributed by atoms with E-state index in [1.807, 2.05) is 60.7 Å². The lowest BCUT2D eigenvalue weighted by Gasteiger charge is -2.23. The third-order valence-corrected chi connectivity index (χ3v) is 4.30. The van der Waals surface area contributed by atoms with Crippen molar-refractivity contribution >= 4 is 23.3 Å². The molecule has 0 aliphatic rings. The number of methoxy groups -OCH3 is 1. The maximum Gasteiger partial charge on any atom is 0.337 e. The maximum absolute atomic E-state index is 12.9. The van der Waals surface area contributed by atoms with E-state index in [4.69, 9.17) is 4.74 Å². The Hall–Kier alpha value is -3.60. The van der Waals surface area contributed by atoms with E-state index in [2.05, 4.69) is 5.32 Å². The Bertz CT molecular complexity index is 910. The number of hydrogen-bond donors (Lipinski definition) is 1. The zero-order valence-corrected chi connectivity index (χ0v) is 15.7. The molecular formula is C23H22N2O3. The first-order valence-electron chi connectivity index (χ1n) is 8.99. The Kier molecular flexibility index (Phi) is 6.41. The summed E-state index contributed by atoms with van der Waals surface area (Å²) in [6.45, 7) is 0.631.